The van der Waals surface area contributed by atoms with E-state index >= 15 is 0 Å². The van der Waals surface area contributed by atoms with Crippen molar-refractivity contribution in [2.75, 3.05) is 50.7 Å². The third kappa shape index (κ3) is 4.46. The molecule has 138 valence electrons. The quantitative estimate of drug-likeness (QED) is 0.864. The van der Waals surface area contributed by atoms with E-state index in [2.05, 4.69) is 25.1 Å². The minimum atomic E-state index is -0.387. The molecule has 25 heavy (non-hydrogen) atoms. The third-order valence-electron chi connectivity index (χ3n) is 5.63. The van der Waals surface area contributed by atoms with E-state index in [1.165, 1.54) is 45.1 Å². The smallest absolute Gasteiger partial charge is 0.225 e. The summed E-state index contributed by atoms with van der Waals surface area (Å²) in [5.74, 6) is 1.09. The molecule has 3 fully saturated rings. The molecule has 1 aromatic rings. The van der Waals surface area contributed by atoms with Crippen LogP contribution in [0.4, 0.5) is 10.3 Å². The highest BCUT2D eigenvalue weighted by Gasteiger charge is 2.28. The summed E-state index contributed by atoms with van der Waals surface area (Å²) in [7, 11) is 0. The van der Waals surface area contributed by atoms with Crippen LogP contribution >= 0.6 is 0 Å². The van der Waals surface area contributed by atoms with E-state index < -0.39 is 0 Å². The van der Waals surface area contributed by atoms with Crippen LogP contribution in [-0.2, 0) is 4.74 Å². The molecule has 0 unspecified atom stereocenters. The summed E-state index contributed by atoms with van der Waals surface area (Å²) in [6.07, 6.45) is 7.52. The molecule has 0 radical (unpaired) electrons. The number of hydrogen-bond acceptors (Lipinski definition) is 6. The summed E-state index contributed by atoms with van der Waals surface area (Å²) < 4.78 is 19.3. The lowest BCUT2D eigenvalue weighted by Crippen LogP contribution is -2.50. The van der Waals surface area contributed by atoms with Gasteiger partial charge in [-0.15, -0.1) is 0 Å². The fourth-order valence-corrected chi connectivity index (χ4v) is 4.00. The van der Waals surface area contributed by atoms with Gasteiger partial charge in [0.2, 0.25) is 5.95 Å². The molecule has 0 aliphatic carbocycles. The molecule has 1 aromatic heterocycles. The highest BCUT2D eigenvalue weighted by Crippen LogP contribution is 2.23. The van der Waals surface area contributed by atoms with Crippen molar-refractivity contribution in [1.29, 1.82) is 0 Å². The van der Waals surface area contributed by atoms with Crippen molar-refractivity contribution in [3.63, 3.8) is 0 Å². The number of hydrogen-bond donors (Lipinski definition) is 1. The van der Waals surface area contributed by atoms with E-state index in [0.717, 1.165) is 44.7 Å². The van der Waals surface area contributed by atoms with E-state index in [9.17, 15) is 4.39 Å². The minimum absolute atomic E-state index is 0.337. The average molecular weight is 349 g/mol. The molecule has 7 heteroatoms. The maximum Gasteiger partial charge on any atom is 0.225 e. The van der Waals surface area contributed by atoms with E-state index in [4.69, 9.17) is 4.74 Å². The summed E-state index contributed by atoms with van der Waals surface area (Å²) in [6, 6.07) is 0. The van der Waals surface area contributed by atoms with Gasteiger partial charge in [0.15, 0.2) is 5.82 Å². The maximum atomic E-state index is 12.9. The number of ether oxygens (including phenoxy) is 1. The summed E-state index contributed by atoms with van der Waals surface area (Å²) in [6.45, 7) is 7.72. The maximum absolute atomic E-state index is 12.9. The first-order valence-corrected chi connectivity index (χ1v) is 9.57. The highest BCUT2D eigenvalue weighted by molar-refractivity contribution is 5.29. The third-order valence-corrected chi connectivity index (χ3v) is 5.63. The molecule has 3 aliphatic heterocycles. The summed E-state index contributed by atoms with van der Waals surface area (Å²) in [4.78, 5) is 12.9. The van der Waals surface area contributed by atoms with Gasteiger partial charge in [-0.2, -0.15) is 0 Å². The summed E-state index contributed by atoms with van der Waals surface area (Å²) in [5.41, 5.74) is 0. The van der Waals surface area contributed by atoms with Crippen molar-refractivity contribution in [1.82, 2.24) is 20.2 Å². The molecule has 0 aromatic carbocycles. The van der Waals surface area contributed by atoms with Crippen LogP contribution in [0.5, 0.6) is 0 Å². The number of halogens is 1. The second-order valence-corrected chi connectivity index (χ2v) is 7.55. The Morgan fingerprint density at radius 3 is 2.16 bits per heavy atom. The van der Waals surface area contributed by atoms with Gasteiger partial charge in [-0.05, 0) is 31.6 Å². The van der Waals surface area contributed by atoms with Gasteiger partial charge in [-0.3, -0.25) is 0 Å². The molecule has 3 aliphatic rings. The first kappa shape index (κ1) is 17.1. The zero-order valence-electron chi connectivity index (χ0n) is 14.7. The van der Waals surface area contributed by atoms with Crippen LogP contribution in [0.15, 0.2) is 12.4 Å². The SMILES string of the molecule is Fc1cnc(N2CCC(OC3CCN(CC4CNC4)CC3)CC2)nc1. The van der Waals surface area contributed by atoms with E-state index in [-0.39, 0.29) is 5.82 Å². The molecule has 0 atom stereocenters. The van der Waals surface area contributed by atoms with Gasteiger partial charge in [0.05, 0.1) is 24.6 Å². The van der Waals surface area contributed by atoms with E-state index in [1.54, 1.807) is 0 Å². The predicted octanol–water partition coefficient (Wildman–Crippen LogP) is 1.28. The normalized spacial score (nSPS) is 24.4. The number of aromatic nitrogens is 2. The number of nitrogens with zero attached hydrogens (tertiary/aromatic N) is 4. The van der Waals surface area contributed by atoms with E-state index in [1.807, 2.05) is 0 Å². The Bertz CT molecular complexity index is 537. The lowest BCUT2D eigenvalue weighted by molar-refractivity contribution is -0.0529. The molecule has 0 bridgehead atoms. The molecule has 0 spiro atoms. The Hall–Kier alpha value is -1.31. The molecular weight excluding hydrogens is 321 g/mol. The van der Waals surface area contributed by atoms with Gasteiger partial charge in [0, 0.05) is 45.8 Å². The van der Waals surface area contributed by atoms with Crippen molar-refractivity contribution in [3.8, 4) is 0 Å². The van der Waals surface area contributed by atoms with Crippen LogP contribution in [-0.4, -0.2) is 72.9 Å². The monoisotopic (exact) mass is 349 g/mol. The standard InChI is InChI=1S/C18H28FN5O/c19-15-11-21-18(22-12-15)24-7-3-17(4-8-24)25-16-1-5-23(6-2-16)13-14-9-20-10-14/h11-12,14,16-17,20H,1-10,13H2. The molecule has 4 heterocycles. The van der Waals surface area contributed by atoms with Crippen LogP contribution in [0.3, 0.4) is 0 Å². The van der Waals surface area contributed by atoms with Gasteiger partial charge >= 0.3 is 0 Å². The fraction of sp³-hybridized carbons (Fsp3) is 0.778. The van der Waals surface area contributed by atoms with Gasteiger partial charge in [0.1, 0.15) is 0 Å². The largest absolute Gasteiger partial charge is 0.375 e. The Kier molecular flexibility index (Phi) is 5.43. The van der Waals surface area contributed by atoms with Crippen molar-refractivity contribution < 1.29 is 9.13 Å². The average Bonchev–Trinajstić information content (AvgIpc) is 2.61. The fourth-order valence-electron chi connectivity index (χ4n) is 4.00. The number of likely N-dealkylation sites (tertiary alicyclic amines) is 1. The van der Waals surface area contributed by atoms with Crippen LogP contribution < -0.4 is 10.2 Å². The number of rotatable bonds is 5. The molecule has 6 nitrogen and oxygen atoms in total. The van der Waals surface area contributed by atoms with Crippen molar-refractivity contribution in [3.05, 3.63) is 18.2 Å². The first-order chi connectivity index (χ1) is 12.3. The van der Waals surface area contributed by atoms with Crippen molar-refractivity contribution in [2.24, 2.45) is 5.92 Å². The zero-order chi connectivity index (χ0) is 17.1. The number of piperidine rings is 2. The van der Waals surface area contributed by atoms with Gasteiger partial charge < -0.3 is 19.9 Å². The molecule has 0 saturated carbocycles. The van der Waals surface area contributed by atoms with Gasteiger partial charge in [-0.1, -0.05) is 0 Å². The van der Waals surface area contributed by atoms with Gasteiger partial charge in [-0.25, -0.2) is 14.4 Å². The Labute approximate surface area is 148 Å². The molecule has 0 amide bonds. The second-order valence-electron chi connectivity index (χ2n) is 7.55. The highest BCUT2D eigenvalue weighted by atomic mass is 19.1. The van der Waals surface area contributed by atoms with Crippen molar-refractivity contribution >= 4 is 5.95 Å². The van der Waals surface area contributed by atoms with Gasteiger partial charge in [0.25, 0.3) is 0 Å². The molecular formula is C18H28FN5O. The second kappa shape index (κ2) is 7.93. The topological polar surface area (TPSA) is 53.5 Å². The number of anilines is 1. The Morgan fingerprint density at radius 2 is 1.60 bits per heavy atom. The van der Waals surface area contributed by atoms with Crippen LogP contribution in [0.1, 0.15) is 25.7 Å². The summed E-state index contributed by atoms with van der Waals surface area (Å²) in [5, 5.41) is 3.35. The van der Waals surface area contributed by atoms with Crippen LogP contribution in [0, 0.1) is 11.7 Å². The van der Waals surface area contributed by atoms with Crippen LogP contribution in [0.25, 0.3) is 0 Å². The van der Waals surface area contributed by atoms with Crippen molar-refractivity contribution in [2.45, 2.75) is 37.9 Å². The Morgan fingerprint density at radius 1 is 1.00 bits per heavy atom. The number of nitrogens with one attached hydrogen (secondary N) is 1. The zero-order valence-corrected chi connectivity index (χ0v) is 14.7. The van der Waals surface area contributed by atoms with E-state index in [0.29, 0.717) is 18.2 Å². The van der Waals surface area contributed by atoms with Crippen LogP contribution in [0.2, 0.25) is 0 Å². The predicted molar refractivity (Wildman–Crippen MR) is 94.1 cm³/mol. The minimum Gasteiger partial charge on any atom is -0.375 e. The Balaban J connectivity index is 1.17. The lowest BCUT2D eigenvalue weighted by atomic mass is 10.00. The molecule has 4 rings (SSSR count). The molecule has 3 saturated heterocycles. The molecule has 1 N–H and O–H groups in total. The lowest BCUT2D eigenvalue weighted by Gasteiger charge is -2.39. The first-order valence-electron chi connectivity index (χ1n) is 9.57. The summed E-state index contributed by atoms with van der Waals surface area (Å²) >= 11 is 0.